The van der Waals surface area contributed by atoms with Crippen molar-refractivity contribution in [2.45, 2.75) is 79.1 Å². The van der Waals surface area contributed by atoms with Gasteiger partial charge in [0, 0.05) is 22.3 Å². The van der Waals surface area contributed by atoms with Crippen LogP contribution in [0.1, 0.15) is 101 Å². The van der Waals surface area contributed by atoms with Crippen molar-refractivity contribution in [2.24, 2.45) is 0 Å². The Kier molecular flexibility index (Phi) is 9.07. The van der Waals surface area contributed by atoms with Gasteiger partial charge in [-0.3, -0.25) is 0 Å². The van der Waals surface area contributed by atoms with Crippen LogP contribution in [0.2, 0.25) is 0 Å². The minimum absolute atomic E-state index is 0.455. The highest BCUT2D eigenvalue weighted by Crippen LogP contribution is 2.35. The zero-order valence-electron chi connectivity index (χ0n) is 21.0. The lowest BCUT2D eigenvalue weighted by Gasteiger charge is -2.26. The van der Waals surface area contributed by atoms with Gasteiger partial charge in [-0.05, 0) is 23.7 Å². The van der Waals surface area contributed by atoms with E-state index in [9.17, 15) is 0 Å². The van der Waals surface area contributed by atoms with Crippen LogP contribution in [0.15, 0.2) is 48.8 Å². The number of benzene rings is 2. The minimum atomic E-state index is -0.896. The second-order valence-corrected chi connectivity index (χ2v) is 22.9. The Morgan fingerprint density at radius 3 is 1.42 bits per heavy atom. The average molecular weight is 780 g/mol. The van der Waals surface area contributed by atoms with Crippen LogP contribution in [0.3, 0.4) is 0 Å². The molecule has 2 nitrogen and oxygen atoms in total. The van der Waals surface area contributed by atoms with Crippen molar-refractivity contribution >= 4 is 72.6 Å². The minimum Gasteiger partial charge on any atom is -0.308 e. The molecule has 1 aromatic heterocycles. The van der Waals surface area contributed by atoms with Crippen LogP contribution in [0.4, 0.5) is 0 Å². The zero-order chi connectivity index (χ0) is 24.7. The van der Waals surface area contributed by atoms with E-state index in [4.69, 9.17) is 0 Å². The van der Waals surface area contributed by atoms with Gasteiger partial charge >= 0.3 is 0 Å². The van der Waals surface area contributed by atoms with Gasteiger partial charge < -0.3 is 67.1 Å². The summed E-state index contributed by atoms with van der Waals surface area (Å²) < 4.78 is 4.10. The Labute approximate surface area is 240 Å². The number of aromatic nitrogens is 2. The van der Waals surface area contributed by atoms with Gasteiger partial charge in [0.05, 0.1) is 0 Å². The molecule has 0 atom stereocenters. The third-order valence-electron chi connectivity index (χ3n) is 6.32. The van der Waals surface area contributed by atoms with Crippen molar-refractivity contribution in [1.82, 2.24) is 4.57 Å². The molecule has 178 valence electrons. The Balaban J connectivity index is 2.47. The third kappa shape index (κ3) is 5.68. The van der Waals surface area contributed by atoms with Crippen molar-refractivity contribution in [2.75, 3.05) is 0 Å². The molecule has 0 fully saturated rings. The van der Waals surface area contributed by atoms with Crippen LogP contribution in [0.25, 0.3) is 11.4 Å². The van der Waals surface area contributed by atoms with Crippen LogP contribution in [0, 0.1) is 0 Å². The number of para-hydroxylation sites is 2. The molecule has 0 bridgehead atoms. The molecule has 0 saturated heterocycles. The van der Waals surface area contributed by atoms with E-state index in [1.54, 1.807) is 0 Å². The van der Waals surface area contributed by atoms with Crippen LogP contribution in [0.5, 0.6) is 0 Å². The summed E-state index contributed by atoms with van der Waals surface area (Å²) in [6.07, 6.45) is 4.60. The molecule has 0 aliphatic rings. The van der Waals surface area contributed by atoms with Crippen LogP contribution >= 0.6 is 67.1 Å². The summed E-state index contributed by atoms with van der Waals surface area (Å²) in [6.45, 7) is 18.5. The zero-order valence-corrected chi connectivity index (χ0v) is 27.5. The molecule has 2 aromatic carbocycles. The summed E-state index contributed by atoms with van der Waals surface area (Å²) in [7, 11) is 0. The van der Waals surface area contributed by atoms with Crippen LogP contribution in [-0.4, -0.2) is 4.28 Å². The molecular weight excluding hydrogens is 744 g/mol. The highest BCUT2D eigenvalue weighted by atomic mass is 127. The Bertz CT molecular complexity index is 991. The Hall–Kier alpha value is -0.0951. The van der Waals surface area contributed by atoms with Gasteiger partial charge in [-0.25, -0.2) is 9.13 Å². The molecular formula is C27H36BI3N2. The molecule has 0 aliphatic carbocycles. The molecule has 0 saturated carbocycles. The lowest BCUT2D eigenvalue weighted by molar-refractivity contribution is -0.576. The van der Waals surface area contributed by atoms with E-state index >= 15 is 0 Å². The maximum atomic E-state index is 2.65. The number of rotatable bonds is 7. The van der Waals surface area contributed by atoms with Crippen LogP contribution < -0.4 is 10.3 Å². The molecule has 0 unspecified atom stereocenters. The molecule has 0 aliphatic heterocycles. The molecule has 6 heteroatoms. The summed E-state index contributed by atoms with van der Waals surface area (Å²) in [5.74, 6) is 1.82. The fourth-order valence-corrected chi connectivity index (χ4v) is 6.48. The van der Waals surface area contributed by atoms with Crippen molar-refractivity contribution in [3.8, 4) is 11.4 Å². The second kappa shape index (κ2) is 10.9. The van der Waals surface area contributed by atoms with Crippen molar-refractivity contribution in [1.29, 1.82) is 0 Å². The topological polar surface area (TPSA) is 8.81 Å². The van der Waals surface area contributed by atoms with Crippen molar-refractivity contribution in [3.63, 3.8) is 0 Å². The average Bonchev–Trinajstić information content (AvgIpc) is 3.17. The Morgan fingerprint density at radius 1 is 0.667 bits per heavy atom. The molecule has 3 rings (SSSR count). The summed E-state index contributed by atoms with van der Waals surface area (Å²) in [5.41, 5.74) is 9.72. The first-order valence-electron chi connectivity index (χ1n) is 11.9. The van der Waals surface area contributed by atoms with E-state index in [1.807, 2.05) is 0 Å². The number of nitrogens with zero attached hydrogens (tertiary/aromatic N) is 2. The fraction of sp³-hybridized carbons (Fsp3) is 0.444. The van der Waals surface area contributed by atoms with E-state index < -0.39 is -0.285 Å². The third-order valence-corrected chi connectivity index (χ3v) is 7.99. The molecule has 3 aromatic rings. The maximum absolute atomic E-state index is 2.65. The molecule has 33 heavy (non-hydrogen) atoms. The molecule has 1 heterocycles. The number of halogens is 3. The van der Waals surface area contributed by atoms with Crippen molar-refractivity contribution in [3.05, 3.63) is 71.0 Å². The number of imidazole rings is 1. The Morgan fingerprint density at radius 2 is 1.06 bits per heavy atom. The standard InChI is InChI=1S/C27H36BI3N2/c1-17(2)21-11-9-12-22(18(3)4)25(21)32-15-16-33(27(32)28(29,30)31)26-23(19(5)6)13-10-14-24(26)20(7)8/h9-20H,1-8H3. The monoisotopic (exact) mass is 780 g/mol. The normalized spacial score (nSPS) is 12.6. The van der Waals surface area contributed by atoms with Gasteiger partial charge in [-0.2, -0.15) is 0 Å². The molecule has 0 amide bonds. The highest BCUT2D eigenvalue weighted by Gasteiger charge is 2.35. The number of hydrogen-bond donors (Lipinski definition) is 0. The molecule has 0 radical (unpaired) electrons. The van der Waals surface area contributed by atoms with Crippen molar-refractivity contribution < 1.29 is 4.57 Å². The van der Waals surface area contributed by atoms with Gasteiger partial charge in [0.1, 0.15) is 29.5 Å². The van der Waals surface area contributed by atoms with E-state index in [2.05, 4.69) is 180 Å². The first-order chi connectivity index (χ1) is 15.4. The quantitative estimate of drug-likeness (QED) is 0.129. The second-order valence-electron chi connectivity index (χ2n) is 10.2. The largest absolute Gasteiger partial charge is 0.308 e. The van der Waals surface area contributed by atoms with Gasteiger partial charge in [0.25, 0.3) is -0.285 Å². The smallest absolute Gasteiger partial charge is 0.294 e. The number of hydrogen-bond acceptors (Lipinski definition) is 0. The molecule has 0 N–H and O–H groups in total. The predicted octanol–water partition coefficient (Wildman–Crippen LogP) is 8.70. The van der Waals surface area contributed by atoms with E-state index in [0.717, 1.165) is 0 Å². The van der Waals surface area contributed by atoms with Gasteiger partial charge in [0.15, 0.2) is 0 Å². The summed E-state index contributed by atoms with van der Waals surface area (Å²) >= 11 is 7.96. The SMILES string of the molecule is CC(C)c1cccc(C(C)C)c1-n1cc[n+](-c2c(C(C)C)cccc2C(C)C)c1[B-](I)(I)I. The van der Waals surface area contributed by atoms with E-state index in [-0.39, 0.29) is 0 Å². The lowest BCUT2D eigenvalue weighted by Crippen LogP contribution is -2.57. The maximum Gasteiger partial charge on any atom is 0.294 e. The summed E-state index contributed by atoms with van der Waals surface area (Å²) in [6, 6.07) is 13.7. The van der Waals surface area contributed by atoms with Gasteiger partial charge in [0.2, 0.25) is 0 Å². The lowest BCUT2D eigenvalue weighted by atomic mass is 9.91. The first-order valence-corrected chi connectivity index (χ1v) is 15.7. The fourth-order valence-electron chi connectivity index (χ4n) is 4.68. The van der Waals surface area contributed by atoms with E-state index in [0.29, 0.717) is 23.7 Å². The first kappa shape index (κ1) is 27.5. The van der Waals surface area contributed by atoms with E-state index in [1.165, 1.54) is 39.4 Å². The van der Waals surface area contributed by atoms with Gasteiger partial charge in [-0.15, -0.1) is 0 Å². The predicted molar refractivity (Wildman–Crippen MR) is 171 cm³/mol. The highest BCUT2D eigenvalue weighted by molar-refractivity contribution is 14.4. The van der Waals surface area contributed by atoms with Crippen LogP contribution in [-0.2, 0) is 0 Å². The summed E-state index contributed by atoms with van der Waals surface area (Å²) in [5, 5.41) is 0. The van der Waals surface area contributed by atoms with Gasteiger partial charge in [-0.1, -0.05) is 91.8 Å². The summed E-state index contributed by atoms with van der Waals surface area (Å²) in [4.78, 5) is 0. The molecule has 0 spiro atoms.